The Kier molecular flexibility index (Phi) is 3.25. The van der Waals surface area contributed by atoms with Gasteiger partial charge in [0.1, 0.15) is 5.75 Å². The Bertz CT molecular complexity index is 327. The summed E-state index contributed by atoms with van der Waals surface area (Å²) in [7, 11) is 1.61. The van der Waals surface area contributed by atoms with E-state index in [1.54, 1.807) is 7.05 Å². The van der Waals surface area contributed by atoms with Gasteiger partial charge in [0.15, 0.2) is 0 Å². The van der Waals surface area contributed by atoms with Crippen molar-refractivity contribution < 1.29 is 17.9 Å². The van der Waals surface area contributed by atoms with Gasteiger partial charge in [0.25, 0.3) is 0 Å². The lowest BCUT2D eigenvalue weighted by Gasteiger charge is -2.10. The molecule has 0 unspecified atom stereocenters. The first kappa shape index (κ1) is 11.2. The van der Waals surface area contributed by atoms with Crippen molar-refractivity contribution in [2.24, 2.45) is 0 Å². The number of anilines is 1. The van der Waals surface area contributed by atoms with E-state index in [2.05, 4.69) is 26.0 Å². The van der Waals surface area contributed by atoms with Crippen LogP contribution in [0.4, 0.5) is 18.9 Å². The monoisotopic (exact) mass is 269 g/mol. The van der Waals surface area contributed by atoms with Crippen molar-refractivity contribution in [2.75, 3.05) is 12.4 Å². The molecule has 2 nitrogen and oxygen atoms in total. The summed E-state index contributed by atoms with van der Waals surface area (Å²) in [6.45, 7) is 0. The van der Waals surface area contributed by atoms with E-state index in [0.29, 0.717) is 10.2 Å². The molecule has 1 rings (SSSR count). The maximum Gasteiger partial charge on any atom is 0.573 e. The van der Waals surface area contributed by atoms with Gasteiger partial charge in [-0.15, -0.1) is 13.2 Å². The summed E-state index contributed by atoms with van der Waals surface area (Å²) < 4.78 is 39.9. The summed E-state index contributed by atoms with van der Waals surface area (Å²) in [6.07, 6.45) is -4.65. The van der Waals surface area contributed by atoms with Gasteiger partial charge in [0, 0.05) is 17.6 Å². The number of halogens is 4. The van der Waals surface area contributed by atoms with Gasteiger partial charge in [-0.3, -0.25) is 0 Å². The summed E-state index contributed by atoms with van der Waals surface area (Å²) in [5.74, 6) is -0.245. The lowest BCUT2D eigenvalue weighted by Crippen LogP contribution is -2.17. The Morgan fingerprint density at radius 3 is 2.50 bits per heavy atom. The van der Waals surface area contributed by atoms with Gasteiger partial charge in [0.05, 0.1) is 5.69 Å². The molecule has 0 atom stereocenters. The zero-order chi connectivity index (χ0) is 10.8. The molecule has 0 saturated carbocycles. The number of hydrogen-bond donors (Lipinski definition) is 1. The van der Waals surface area contributed by atoms with E-state index >= 15 is 0 Å². The van der Waals surface area contributed by atoms with Gasteiger partial charge in [-0.05, 0) is 28.1 Å². The molecule has 0 radical (unpaired) electrons. The summed E-state index contributed by atoms with van der Waals surface area (Å²) in [5, 5.41) is 2.73. The number of rotatable bonds is 2. The fourth-order valence-corrected chi connectivity index (χ4v) is 1.34. The van der Waals surface area contributed by atoms with Crippen LogP contribution in [0.2, 0.25) is 0 Å². The van der Waals surface area contributed by atoms with E-state index in [0.717, 1.165) is 0 Å². The third kappa shape index (κ3) is 3.10. The van der Waals surface area contributed by atoms with Gasteiger partial charge in [-0.2, -0.15) is 0 Å². The second kappa shape index (κ2) is 4.08. The van der Waals surface area contributed by atoms with E-state index < -0.39 is 6.36 Å². The van der Waals surface area contributed by atoms with Crippen LogP contribution in [0.15, 0.2) is 22.7 Å². The Morgan fingerprint density at radius 2 is 2.00 bits per heavy atom. The minimum Gasteiger partial charge on any atom is -0.406 e. The van der Waals surface area contributed by atoms with Crippen LogP contribution in [-0.2, 0) is 0 Å². The first-order valence-electron chi connectivity index (χ1n) is 3.65. The molecule has 0 aliphatic rings. The number of alkyl halides is 3. The Balaban J connectivity index is 2.90. The molecule has 0 amide bonds. The third-order valence-electron chi connectivity index (χ3n) is 1.44. The lowest BCUT2D eigenvalue weighted by atomic mass is 10.3. The van der Waals surface area contributed by atoms with Crippen LogP contribution in [0.5, 0.6) is 5.75 Å². The molecule has 1 N–H and O–H groups in total. The second-order valence-electron chi connectivity index (χ2n) is 2.44. The van der Waals surface area contributed by atoms with Gasteiger partial charge in [-0.1, -0.05) is 0 Å². The fourth-order valence-electron chi connectivity index (χ4n) is 0.893. The summed E-state index contributed by atoms with van der Waals surface area (Å²) in [4.78, 5) is 0. The molecule has 0 heterocycles. The quantitative estimate of drug-likeness (QED) is 0.889. The molecule has 0 bridgehead atoms. The van der Waals surface area contributed by atoms with Crippen LogP contribution in [0.1, 0.15) is 0 Å². The third-order valence-corrected chi connectivity index (χ3v) is 2.13. The predicted octanol–water partition coefficient (Wildman–Crippen LogP) is 3.39. The highest BCUT2D eigenvalue weighted by Crippen LogP contribution is 2.29. The molecular formula is C8H7BrF3NO. The van der Waals surface area contributed by atoms with Crippen molar-refractivity contribution in [3.05, 3.63) is 22.7 Å². The van der Waals surface area contributed by atoms with Crippen molar-refractivity contribution in [3.63, 3.8) is 0 Å². The van der Waals surface area contributed by atoms with Gasteiger partial charge in [-0.25, -0.2) is 0 Å². The molecule has 14 heavy (non-hydrogen) atoms. The fraction of sp³-hybridized carbons (Fsp3) is 0.250. The van der Waals surface area contributed by atoms with Crippen LogP contribution >= 0.6 is 15.9 Å². The summed E-state index contributed by atoms with van der Waals surface area (Å²) >= 11 is 3.17. The molecule has 1 aromatic carbocycles. The molecule has 6 heteroatoms. The normalized spacial score (nSPS) is 11.2. The van der Waals surface area contributed by atoms with E-state index in [-0.39, 0.29) is 5.75 Å². The number of nitrogens with one attached hydrogen (secondary N) is 1. The number of benzene rings is 1. The molecule has 0 aromatic heterocycles. The Hall–Kier alpha value is -0.910. The van der Waals surface area contributed by atoms with E-state index in [4.69, 9.17) is 0 Å². The molecule has 0 saturated heterocycles. The first-order valence-corrected chi connectivity index (χ1v) is 4.45. The average Bonchev–Trinajstić information content (AvgIpc) is 2.06. The molecule has 0 spiro atoms. The molecule has 1 aromatic rings. The molecule has 0 aliphatic heterocycles. The SMILES string of the molecule is CNc1cc(OC(F)(F)F)ccc1Br. The average molecular weight is 270 g/mol. The largest absolute Gasteiger partial charge is 0.573 e. The minimum absolute atomic E-state index is 0.245. The first-order chi connectivity index (χ1) is 6.42. The van der Waals surface area contributed by atoms with E-state index in [9.17, 15) is 13.2 Å². The smallest absolute Gasteiger partial charge is 0.406 e. The summed E-state index contributed by atoms with van der Waals surface area (Å²) in [6, 6.07) is 3.98. The molecule has 0 aliphatic carbocycles. The molecular weight excluding hydrogens is 263 g/mol. The predicted molar refractivity (Wildman–Crippen MR) is 50.4 cm³/mol. The van der Waals surface area contributed by atoms with Gasteiger partial charge >= 0.3 is 6.36 Å². The van der Waals surface area contributed by atoms with Gasteiger partial charge in [0.2, 0.25) is 0 Å². The lowest BCUT2D eigenvalue weighted by molar-refractivity contribution is -0.274. The highest BCUT2D eigenvalue weighted by Gasteiger charge is 2.31. The highest BCUT2D eigenvalue weighted by atomic mass is 79.9. The second-order valence-corrected chi connectivity index (χ2v) is 3.29. The topological polar surface area (TPSA) is 21.3 Å². The maximum atomic E-state index is 11.8. The standard InChI is InChI=1S/C8H7BrF3NO/c1-13-7-4-5(2-3-6(7)9)14-8(10,11)12/h2-4,13H,1H3. The Labute approximate surface area is 87.2 Å². The van der Waals surface area contributed by atoms with Crippen molar-refractivity contribution in [1.82, 2.24) is 0 Å². The van der Waals surface area contributed by atoms with Gasteiger partial charge < -0.3 is 10.1 Å². The summed E-state index contributed by atoms with van der Waals surface area (Å²) in [5.41, 5.74) is 0.534. The number of ether oxygens (including phenoxy) is 1. The Morgan fingerprint density at radius 1 is 1.36 bits per heavy atom. The van der Waals surface area contributed by atoms with Crippen LogP contribution in [0, 0.1) is 0 Å². The zero-order valence-corrected chi connectivity index (χ0v) is 8.74. The van der Waals surface area contributed by atoms with Crippen LogP contribution in [-0.4, -0.2) is 13.4 Å². The minimum atomic E-state index is -4.65. The van der Waals surface area contributed by atoms with Crippen LogP contribution in [0.25, 0.3) is 0 Å². The van der Waals surface area contributed by atoms with E-state index in [1.807, 2.05) is 0 Å². The highest BCUT2D eigenvalue weighted by molar-refractivity contribution is 9.10. The molecule has 0 fully saturated rings. The van der Waals surface area contributed by atoms with Crippen molar-refractivity contribution in [2.45, 2.75) is 6.36 Å². The zero-order valence-electron chi connectivity index (χ0n) is 7.15. The van der Waals surface area contributed by atoms with Crippen molar-refractivity contribution in [3.8, 4) is 5.75 Å². The van der Waals surface area contributed by atoms with E-state index in [1.165, 1.54) is 18.2 Å². The van der Waals surface area contributed by atoms with Crippen LogP contribution < -0.4 is 10.1 Å². The van der Waals surface area contributed by atoms with Crippen LogP contribution in [0.3, 0.4) is 0 Å². The molecule has 78 valence electrons. The van der Waals surface area contributed by atoms with Crippen molar-refractivity contribution in [1.29, 1.82) is 0 Å². The maximum absolute atomic E-state index is 11.8. The van der Waals surface area contributed by atoms with Crippen molar-refractivity contribution >= 4 is 21.6 Å². The number of hydrogen-bond acceptors (Lipinski definition) is 2.